The van der Waals surface area contributed by atoms with Gasteiger partial charge in [0.2, 0.25) is 0 Å². The zero-order valence-corrected chi connectivity index (χ0v) is 20.6. The number of carbonyl (C=O) groups is 2. The number of pyridine rings is 1. The molecular formula is C28H31N3O5. The number of ether oxygens (including phenoxy) is 2. The second-order valence-electron chi connectivity index (χ2n) is 10.7. The molecular weight excluding hydrogens is 458 g/mol. The summed E-state index contributed by atoms with van der Waals surface area (Å²) in [5.74, 6) is -0.261. The number of carboxylic acid groups (broad SMARTS) is 1. The summed E-state index contributed by atoms with van der Waals surface area (Å²) in [6.07, 6.45) is 4.43. The number of likely N-dealkylation sites (tertiary alicyclic amines) is 1. The average Bonchev–Trinajstić information content (AvgIpc) is 3.48. The third-order valence-corrected chi connectivity index (χ3v) is 8.44. The van der Waals surface area contributed by atoms with Crippen molar-refractivity contribution in [2.45, 2.75) is 63.2 Å². The number of amides is 1. The Labute approximate surface area is 209 Å². The smallest absolute Gasteiger partial charge is 0.303 e. The number of hydrogen-bond acceptors (Lipinski definition) is 5. The molecule has 1 N–H and O–H groups in total. The molecule has 2 saturated heterocycles. The Balaban J connectivity index is 1.34. The Morgan fingerprint density at radius 3 is 2.83 bits per heavy atom. The molecule has 2 fully saturated rings. The molecule has 0 bridgehead atoms. The minimum absolute atomic E-state index is 0.0120. The van der Waals surface area contributed by atoms with Gasteiger partial charge in [-0.05, 0) is 57.7 Å². The van der Waals surface area contributed by atoms with Gasteiger partial charge in [0.05, 0.1) is 18.2 Å². The maximum absolute atomic E-state index is 13.8. The molecule has 188 valence electrons. The highest BCUT2D eigenvalue weighted by atomic mass is 16.5. The summed E-state index contributed by atoms with van der Waals surface area (Å²) in [7, 11) is 0. The van der Waals surface area contributed by atoms with Gasteiger partial charge in [-0.1, -0.05) is 24.3 Å². The number of fused-ring (bicyclic) bond motifs is 4. The Morgan fingerprint density at radius 2 is 2.03 bits per heavy atom. The predicted octanol–water partition coefficient (Wildman–Crippen LogP) is 4.41. The van der Waals surface area contributed by atoms with Gasteiger partial charge in [0, 0.05) is 36.3 Å². The van der Waals surface area contributed by atoms with Gasteiger partial charge in [0.25, 0.3) is 5.91 Å². The topological polar surface area (TPSA) is 93.4 Å². The average molecular weight is 490 g/mol. The summed E-state index contributed by atoms with van der Waals surface area (Å²) in [6, 6.07) is 13.7. The normalized spacial score (nSPS) is 29.1. The van der Waals surface area contributed by atoms with Crippen LogP contribution in [0, 0.1) is 12.8 Å². The number of rotatable bonds is 4. The van der Waals surface area contributed by atoms with E-state index in [0.29, 0.717) is 31.7 Å². The van der Waals surface area contributed by atoms with Gasteiger partial charge in [-0.25, -0.2) is 4.98 Å². The van der Waals surface area contributed by atoms with Crippen molar-refractivity contribution >= 4 is 17.5 Å². The van der Waals surface area contributed by atoms with Crippen LogP contribution in [0.25, 0.3) is 5.65 Å². The fourth-order valence-electron chi connectivity index (χ4n) is 6.51. The zero-order valence-electron chi connectivity index (χ0n) is 20.6. The quantitative estimate of drug-likeness (QED) is 0.584. The summed E-state index contributed by atoms with van der Waals surface area (Å²) in [6.45, 7) is 5.08. The lowest BCUT2D eigenvalue weighted by molar-refractivity contribution is -0.169. The standard InChI is InChI=1S/C28H31N3O5/c1-18-7-5-10-23-29-21(16-30(18)23)26(34)31-14-6-12-28(31)15-20-25(35-17-28)19-8-3-4-9-22(19)36-27(20,2)13-11-24(32)33/h3-5,7-10,16,20,25H,6,11-15,17H2,1-2H3,(H,32,33)/t20-,25+,27+,28+/m1/s1. The van der Waals surface area contributed by atoms with E-state index in [-0.39, 0.29) is 24.3 Å². The Morgan fingerprint density at radius 1 is 1.19 bits per heavy atom. The van der Waals surface area contributed by atoms with Crippen LogP contribution in [-0.4, -0.2) is 55.6 Å². The Bertz CT molecular complexity index is 1350. The van der Waals surface area contributed by atoms with E-state index < -0.39 is 17.1 Å². The van der Waals surface area contributed by atoms with Crippen molar-refractivity contribution < 1.29 is 24.2 Å². The first-order valence-electron chi connectivity index (χ1n) is 12.7. The van der Waals surface area contributed by atoms with Crippen LogP contribution in [0.3, 0.4) is 0 Å². The summed E-state index contributed by atoms with van der Waals surface area (Å²) in [4.78, 5) is 31.9. The molecule has 0 aliphatic carbocycles. The van der Waals surface area contributed by atoms with E-state index in [0.717, 1.165) is 35.5 Å². The number of carbonyl (C=O) groups excluding carboxylic acids is 1. The number of hydrogen-bond donors (Lipinski definition) is 1. The molecule has 8 heteroatoms. The number of aromatic nitrogens is 2. The molecule has 0 saturated carbocycles. The molecule has 4 atom stereocenters. The van der Waals surface area contributed by atoms with Gasteiger partial charge >= 0.3 is 5.97 Å². The fourth-order valence-corrected chi connectivity index (χ4v) is 6.51. The third-order valence-electron chi connectivity index (χ3n) is 8.44. The molecule has 6 rings (SSSR count). The molecule has 5 heterocycles. The van der Waals surface area contributed by atoms with Crippen LogP contribution in [0.1, 0.15) is 66.9 Å². The van der Waals surface area contributed by atoms with E-state index in [4.69, 9.17) is 9.47 Å². The highest BCUT2D eigenvalue weighted by molar-refractivity contribution is 5.93. The van der Waals surface area contributed by atoms with Gasteiger partial charge < -0.3 is 23.9 Å². The van der Waals surface area contributed by atoms with Gasteiger partial charge in [0.15, 0.2) is 0 Å². The second kappa shape index (κ2) is 8.34. The number of para-hydroxylation sites is 1. The largest absolute Gasteiger partial charge is 0.487 e. The summed E-state index contributed by atoms with van der Waals surface area (Å²) in [5, 5.41) is 9.43. The molecule has 1 spiro atoms. The van der Waals surface area contributed by atoms with E-state index in [9.17, 15) is 14.7 Å². The third kappa shape index (κ3) is 3.58. The molecule has 8 nitrogen and oxygen atoms in total. The van der Waals surface area contributed by atoms with Crippen molar-refractivity contribution in [1.29, 1.82) is 0 Å². The molecule has 36 heavy (non-hydrogen) atoms. The van der Waals surface area contributed by atoms with Crippen LogP contribution in [0.15, 0.2) is 48.7 Å². The molecule has 0 radical (unpaired) electrons. The van der Waals surface area contributed by atoms with Crippen molar-refractivity contribution in [3.63, 3.8) is 0 Å². The van der Waals surface area contributed by atoms with Gasteiger partial charge in [-0.15, -0.1) is 0 Å². The highest BCUT2D eigenvalue weighted by Gasteiger charge is 2.57. The van der Waals surface area contributed by atoms with Crippen LogP contribution < -0.4 is 4.74 Å². The Hall–Kier alpha value is -3.39. The first-order valence-corrected chi connectivity index (χ1v) is 12.7. The van der Waals surface area contributed by atoms with Crippen LogP contribution in [0.4, 0.5) is 0 Å². The van der Waals surface area contributed by atoms with Crippen LogP contribution >= 0.6 is 0 Å². The number of aryl methyl sites for hydroxylation is 1. The number of nitrogens with zero attached hydrogens (tertiary/aromatic N) is 3. The predicted molar refractivity (Wildman–Crippen MR) is 132 cm³/mol. The van der Waals surface area contributed by atoms with Crippen molar-refractivity contribution in [1.82, 2.24) is 14.3 Å². The first-order chi connectivity index (χ1) is 17.3. The number of carboxylic acids is 1. The number of imidazole rings is 1. The van der Waals surface area contributed by atoms with Crippen molar-refractivity contribution in [3.8, 4) is 5.75 Å². The lowest BCUT2D eigenvalue weighted by Crippen LogP contribution is -2.60. The first kappa shape index (κ1) is 23.0. The van der Waals surface area contributed by atoms with E-state index in [1.54, 1.807) is 0 Å². The minimum atomic E-state index is -0.846. The van der Waals surface area contributed by atoms with Gasteiger partial charge in [0.1, 0.15) is 22.7 Å². The molecule has 0 unspecified atom stereocenters. The highest BCUT2D eigenvalue weighted by Crippen LogP contribution is 2.55. The van der Waals surface area contributed by atoms with Crippen molar-refractivity contribution in [2.75, 3.05) is 13.2 Å². The SMILES string of the molecule is Cc1cccc2nc(C(=O)N3CCC[C@]34CO[C@H]3c5ccccc5O[C@@](C)(CCC(=O)O)[C@@H]3C4)cn12. The maximum Gasteiger partial charge on any atom is 0.303 e. The number of aliphatic carboxylic acids is 1. The van der Waals surface area contributed by atoms with E-state index in [2.05, 4.69) is 4.98 Å². The van der Waals surface area contributed by atoms with E-state index in [1.165, 1.54) is 0 Å². The molecule has 3 aromatic rings. The van der Waals surface area contributed by atoms with E-state index in [1.807, 2.05) is 71.8 Å². The van der Waals surface area contributed by atoms with Crippen LogP contribution in [-0.2, 0) is 9.53 Å². The lowest BCUT2D eigenvalue weighted by Gasteiger charge is -2.54. The van der Waals surface area contributed by atoms with Gasteiger partial charge in [-0.3, -0.25) is 9.59 Å². The summed E-state index contributed by atoms with van der Waals surface area (Å²) >= 11 is 0. The summed E-state index contributed by atoms with van der Waals surface area (Å²) in [5.41, 5.74) is 2.02. The van der Waals surface area contributed by atoms with Crippen LogP contribution in [0.5, 0.6) is 5.75 Å². The molecule has 1 aromatic carbocycles. The minimum Gasteiger partial charge on any atom is -0.487 e. The molecule has 3 aliphatic heterocycles. The second-order valence-corrected chi connectivity index (χ2v) is 10.7. The lowest BCUT2D eigenvalue weighted by atomic mass is 9.68. The van der Waals surface area contributed by atoms with Gasteiger partial charge in [-0.2, -0.15) is 0 Å². The zero-order chi connectivity index (χ0) is 25.1. The fraction of sp³-hybridized carbons (Fsp3) is 0.464. The number of benzene rings is 1. The van der Waals surface area contributed by atoms with E-state index >= 15 is 0 Å². The molecule has 3 aliphatic rings. The van der Waals surface area contributed by atoms with Crippen LogP contribution in [0.2, 0.25) is 0 Å². The molecule has 2 aromatic heterocycles. The van der Waals surface area contributed by atoms with Crippen molar-refractivity contribution in [2.24, 2.45) is 5.92 Å². The Kier molecular flexibility index (Phi) is 5.33. The molecule has 1 amide bonds. The monoisotopic (exact) mass is 489 g/mol. The summed E-state index contributed by atoms with van der Waals surface area (Å²) < 4.78 is 15.1. The maximum atomic E-state index is 13.8. The van der Waals surface area contributed by atoms with Crippen molar-refractivity contribution in [3.05, 3.63) is 65.6 Å².